The van der Waals surface area contributed by atoms with Gasteiger partial charge in [0.25, 0.3) is 5.91 Å². The Kier molecular flexibility index (Phi) is 6.87. The number of anilines is 1. The quantitative estimate of drug-likeness (QED) is 0.343. The Bertz CT molecular complexity index is 1450. The molecular formula is C27H28N4O3S2. The van der Waals surface area contributed by atoms with E-state index in [9.17, 15) is 13.2 Å². The third-order valence-corrected chi connectivity index (χ3v) is 9.63. The lowest BCUT2D eigenvalue weighted by atomic mass is 10.1. The summed E-state index contributed by atoms with van der Waals surface area (Å²) in [6.07, 6.45) is 4.50. The summed E-state index contributed by atoms with van der Waals surface area (Å²) >= 11 is 1.48. The third-order valence-electron chi connectivity index (χ3n) is 6.51. The van der Waals surface area contributed by atoms with Gasteiger partial charge in [-0.2, -0.15) is 4.31 Å². The van der Waals surface area contributed by atoms with Crippen molar-refractivity contribution in [1.29, 1.82) is 0 Å². The summed E-state index contributed by atoms with van der Waals surface area (Å²) in [6.45, 7) is 5.38. The molecule has 0 bridgehead atoms. The fourth-order valence-corrected chi connectivity index (χ4v) is 7.05. The second-order valence-corrected chi connectivity index (χ2v) is 12.0. The van der Waals surface area contributed by atoms with Gasteiger partial charge in [-0.25, -0.2) is 13.4 Å². The minimum Gasteiger partial charge on any atom is -0.278 e. The summed E-state index contributed by atoms with van der Waals surface area (Å²) in [5.74, 6) is -0.253. The zero-order valence-corrected chi connectivity index (χ0v) is 22.0. The number of piperidine rings is 1. The van der Waals surface area contributed by atoms with Crippen LogP contribution in [0.15, 0.2) is 65.7 Å². The monoisotopic (exact) mass is 520 g/mol. The Hall–Kier alpha value is -3.14. The van der Waals surface area contributed by atoms with E-state index in [0.717, 1.165) is 46.3 Å². The lowest BCUT2D eigenvalue weighted by molar-refractivity contribution is 0.0984. The van der Waals surface area contributed by atoms with Gasteiger partial charge in [0.2, 0.25) is 10.0 Å². The predicted molar refractivity (Wildman–Crippen MR) is 143 cm³/mol. The molecule has 1 amide bonds. The molecule has 2 aromatic heterocycles. The smallest absolute Gasteiger partial charge is 0.260 e. The average molecular weight is 521 g/mol. The van der Waals surface area contributed by atoms with Crippen molar-refractivity contribution in [3.05, 3.63) is 83.2 Å². The summed E-state index contributed by atoms with van der Waals surface area (Å²) in [4.78, 5) is 24.8. The number of pyridine rings is 1. The summed E-state index contributed by atoms with van der Waals surface area (Å²) in [5.41, 5.74) is 4.18. The van der Waals surface area contributed by atoms with Crippen molar-refractivity contribution >= 4 is 42.6 Å². The minimum absolute atomic E-state index is 0.212. The van der Waals surface area contributed by atoms with Crippen LogP contribution in [0.1, 0.15) is 46.4 Å². The van der Waals surface area contributed by atoms with Gasteiger partial charge in [0.05, 0.1) is 27.4 Å². The van der Waals surface area contributed by atoms with Crippen LogP contribution in [0.25, 0.3) is 10.2 Å². The van der Waals surface area contributed by atoms with Crippen molar-refractivity contribution in [3.8, 4) is 0 Å². The van der Waals surface area contributed by atoms with E-state index in [-0.39, 0.29) is 17.3 Å². The number of benzene rings is 2. The van der Waals surface area contributed by atoms with Crippen molar-refractivity contribution in [2.75, 3.05) is 18.0 Å². The topological polar surface area (TPSA) is 83.5 Å². The maximum Gasteiger partial charge on any atom is 0.260 e. The largest absolute Gasteiger partial charge is 0.278 e. The fraction of sp³-hybridized carbons (Fsp3) is 0.296. The average Bonchev–Trinajstić information content (AvgIpc) is 3.37. The molecule has 0 aliphatic carbocycles. The van der Waals surface area contributed by atoms with Crippen molar-refractivity contribution in [2.45, 2.75) is 44.6 Å². The van der Waals surface area contributed by atoms with Crippen LogP contribution in [0.3, 0.4) is 0 Å². The van der Waals surface area contributed by atoms with Gasteiger partial charge in [0.1, 0.15) is 0 Å². The van der Waals surface area contributed by atoms with E-state index >= 15 is 0 Å². The number of aryl methyl sites for hydroxylation is 2. The van der Waals surface area contributed by atoms with Gasteiger partial charge in [-0.1, -0.05) is 36.0 Å². The summed E-state index contributed by atoms with van der Waals surface area (Å²) < 4.78 is 28.7. The highest BCUT2D eigenvalue weighted by Crippen LogP contribution is 2.34. The molecule has 2 aromatic carbocycles. The van der Waals surface area contributed by atoms with Gasteiger partial charge < -0.3 is 0 Å². The van der Waals surface area contributed by atoms with E-state index in [4.69, 9.17) is 4.98 Å². The van der Waals surface area contributed by atoms with Crippen LogP contribution < -0.4 is 4.90 Å². The zero-order chi connectivity index (χ0) is 25.3. The number of aromatic nitrogens is 2. The molecule has 1 saturated heterocycles. The number of carbonyl (C=O) groups is 1. The number of carbonyl (C=O) groups excluding carboxylic acids is 1. The van der Waals surface area contributed by atoms with E-state index in [1.165, 1.54) is 27.8 Å². The molecule has 9 heteroatoms. The van der Waals surface area contributed by atoms with Crippen LogP contribution in [0, 0.1) is 13.8 Å². The predicted octanol–water partition coefficient (Wildman–Crippen LogP) is 5.33. The maximum atomic E-state index is 13.8. The Labute approximate surface area is 215 Å². The molecule has 0 spiro atoms. The highest BCUT2D eigenvalue weighted by atomic mass is 32.2. The molecule has 1 fully saturated rings. The summed E-state index contributed by atoms with van der Waals surface area (Å²) in [5, 5.41) is 0.586. The highest BCUT2D eigenvalue weighted by molar-refractivity contribution is 7.89. The van der Waals surface area contributed by atoms with Gasteiger partial charge in [-0.15, -0.1) is 0 Å². The molecule has 1 aliphatic heterocycles. The molecule has 0 N–H and O–H groups in total. The number of hydrogen-bond donors (Lipinski definition) is 0. The van der Waals surface area contributed by atoms with Crippen molar-refractivity contribution in [2.24, 2.45) is 0 Å². The van der Waals surface area contributed by atoms with Gasteiger partial charge in [0, 0.05) is 24.8 Å². The molecule has 186 valence electrons. The normalized spacial score (nSPS) is 14.7. The zero-order valence-electron chi connectivity index (χ0n) is 20.3. The van der Waals surface area contributed by atoms with Crippen molar-refractivity contribution in [3.63, 3.8) is 0 Å². The number of rotatable bonds is 6. The van der Waals surface area contributed by atoms with Gasteiger partial charge in [-0.3, -0.25) is 14.7 Å². The van der Waals surface area contributed by atoms with Crippen LogP contribution in [-0.4, -0.2) is 41.7 Å². The number of fused-ring (bicyclic) bond motifs is 1. The molecule has 0 radical (unpaired) electrons. The molecule has 5 rings (SSSR count). The number of hydrogen-bond acceptors (Lipinski definition) is 6. The standard InChI is InChI=1S/C27H28N4O3S2/c1-19-9-10-20(2)25-24(19)29-27(35-25)31(18-22-8-4-5-15-28-22)26(32)21-11-13-23(14-12-21)36(33,34)30-16-6-3-7-17-30/h4-5,8-15H,3,6-7,16-18H2,1-2H3. The lowest BCUT2D eigenvalue weighted by Crippen LogP contribution is -2.35. The molecule has 1 aliphatic rings. The van der Waals surface area contributed by atoms with Crippen LogP contribution >= 0.6 is 11.3 Å². The van der Waals surface area contributed by atoms with E-state index in [0.29, 0.717) is 23.8 Å². The summed E-state index contributed by atoms with van der Waals surface area (Å²) in [7, 11) is -3.56. The lowest BCUT2D eigenvalue weighted by Gasteiger charge is -2.26. The van der Waals surface area contributed by atoms with Gasteiger partial charge >= 0.3 is 0 Å². The number of sulfonamides is 1. The highest BCUT2D eigenvalue weighted by Gasteiger charge is 2.27. The van der Waals surface area contributed by atoms with Crippen LogP contribution in [0.4, 0.5) is 5.13 Å². The first-order chi connectivity index (χ1) is 17.3. The fourth-order valence-electron chi connectivity index (χ4n) is 4.42. The third kappa shape index (κ3) is 4.78. The molecule has 4 aromatic rings. The van der Waals surface area contributed by atoms with E-state index in [2.05, 4.69) is 11.1 Å². The first-order valence-corrected chi connectivity index (χ1v) is 14.3. The first kappa shape index (κ1) is 24.5. The number of thiazole rings is 1. The Morgan fingerprint density at radius 1 is 0.972 bits per heavy atom. The maximum absolute atomic E-state index is 13.8. The molecule has 3 heterocycles. The number of amides is 1. The van der Waals surface area contributed by atoms with Gasteiger partial charge in [0.15, 0.2) is 5.13 Å². The van der Waals surface area contributed by atoms with Crippen molar-refractivity contribution < 1.29 is 13.2 Å². The number of nitrogens with zero attached hydrogens (tertiary/aromatic N) is 4. The van der Waals surface area contributed by atoms with Crippen molar-refractivity contribution in [1.82, 2.24) is 14.3 Å². The Balaban J connectivity index is 1.49. The minimum atomic E-state index is -3.56. The molecule has 0 unspecified atom stereocenters. The van der Waals surface area contributed by atoms with E-state index in [1.807, 2.05) is 38.1 Å². The van der Waals surface area contributed by atoms with Gasteiger partial charge in [-0.05, 0) is 74.2 Å². The Morgan fingerprint density at radius 2 is 1.69 bits per heavy atom. The van der Waals surface area contributed by atoms with Crippen LogP contribution in [0.5, 0.6) is 0 Å². The van der Waals surface area contributed by atoms with Crippen LogP contribution in [0.2, 0.25) is 0 Å². The van der Waals surface area contributed by atoms with E-state index < -0.39 is 10.0 Å². The Morgan fingerprint density at radius 3 is 2.36 bits per heavy atom. The molecular weight excluding hydrogens is 492 g/mol. The molecule has 0 atom stereocenters. The van der Waals surface area contributed by atoms with E-state index in [1.54, 1.807) is 23.2 Å². The first-order valence-electron chi connectivity index (χ1n) is 12.0. The van der Waals surface area contributed by atoms with Crippen LogP contribution in [-0.2, 0) is 16.6 Å². The molecule has 0 saturated carbocycles. The molecule has 36 heavy (non-hydrogen) atoms. The summed E-state index contributed by atoms with van der Waals surface area (Å²) in [6, 6.07) is 15.9. The second kappa shape index (κ2) is 10.1. The SMILES string of the molecule is Cc1ccc(C)c2sc(N(Cc3ccccn3)C(=O)c3ccc(S(=O)(=O)N4CCCCC4)cc3)nc12. The second-order valence-electron chi connectivity index (χ2n) is 9.08. The molecule has 7 nitrogen and oxygen atoms in total.